The molecule has 0 bridgehead atoms. The first-order chi connectivity index (χ1) is 14.8. The second-order valence-electron chi connectivity index (χ2n) is 7.04. The zero-order valence-corrected chi connectivity index (χ0v) is 18.5. The monoisotopic (exact) mass is 480 g/mol. The van der Waals surface area contributed by atoms with E-state index in [0.717, 1.165) is 0 Å². The van der Waals surface area contributed by atoms with Crippen LogP contribution < -0.4 is 5.32 Å². The molecule has 11 heteroatoms. The minimum absolute atomic E-state index is 0.00818. The van der Waals surface area contributed by atoms with Gasteiger partial charge in [0.1, 0.15) is 0 Å². The van der Waals surface area contributed by atoms with Gasteiger partial charge in [0.2, 0.25) is 21.8 Å². The molecule has 1 saturated heterocycles. The van der Waals surface area contributed by atoms with E-state index in [1.54, 1.807) is 24.3 Å². The summed E-state index contributed by atoms with van der Waals surface area (Å²) in [5, 5.41) is 11.4. The lowest BCUT2D eigenvalue weighted by atomic mass is 9.97. The van der Waals surface area contributed by atoms with E-state index < -0.39 is 10.0 Å². The van der Waals surface area contributed by atoms with Crippen LogP contribution in [0, 0.1) is 5.92 Å². The quantitative estimate of drug-likeness (QED) is 0.589. The zero-order valence-electron chi connectivity index (χ0n) is 16.2. The van der Waals surface area contributed by atoms with Crippen molar-refractivity contribution in [3.8, 4) is 11.5 Å². The Morgan fingerprint density at radius 2 is 1.55 bits per heavy atom. The molecular formula is C20H18Cl2N4O4S. The number of rotatable bonds is 5. The molecule has 1 aliphatic rings. The maximum absolute atomic E-state index is 12.8. The topological polar surface area (TPSA) is 105 Å². The molecule has 1 amide bonds. The second-order valence-corrected chi connectivity index (χ2v) is 9.85. The number of carbonyl (C=O) groups excluding carboxylic acids is 1. The molecule has 3 aromatic rings. The summed E-state index contributed by atoms with van der Waals surface area (Å²) in [7, 11) is -3.62. The molecule has 1 aromatic heterocycles. The van der Waals surface area contributed by atoms with Crippen molar-refractivity contribution in [2.75, 3.05) is 18.4 Å². The van der Waals surface area contributed by atoms with Gasteiger partial charge >= 0.3 is 6.01 Å². The molecule has 1 N–H and O–H groups in total. The second kappa shape index (κ2) is 8.96. The number of piperidine rings is 1. The summed E-state index contributed by atoms with van der Waals surface area (Å²) in [5.41, 5.74) is 0.679. The van der Waals surface area contributed by atoms with Crippen LogP contribution in [0.3, 0.4) is 0 Å². The van der Waals surface area contributed by atoms with E-state index in [0.29, 0.717) is 28.5 Å². The highest BCUT2D eigenvalue weighted by molar-refractivity contribution is 7.89. The lowest BCUT2D eigenvalue weighted by Crippen LogP contribution is -2.41. The summed E-state index contributed by atoms with van der Waals surface area (Å²) < 4.78 is 32.4. The molecule has 0 spiro atoms. The van der Waals surface area contributed by atoms with Crippen LogP contribution in [0.4, 0.5) is 6.01 Å². The third-order valence-electron chi connectivity index (χ3n) is 5.02. The van der Waals surface area contributed by atoms with Gasteiger partial charge in [0.05, 0.1) is 4.90 Å². The number of aromatic nitrogens is 2. The van der Waals surface area contributed by atoms with Gasteiger partial charge in [0.25, 0.3) is 0 Å². The van der Waals surface area contributed by atoms with E-state index >= 15 is 0 Å². The summed E-state index contributed by atoms with van der Waals surface area (Å²) in [6.45, 7) is 0.478. The first-order valence-electron chi connectivity index (χ1n) is 9.49. The van der Waals surface area contributed by atoms with Crippen LogP contribution in [0.25, 0.3) is 11.5 Å². The van der Waals surface area contributed by atoms with Crippen molar-refractivity contribution in [2.24, 2.45) is 5.92 Å². The number of hydrogen-bond donors (Lipinski definition) is 1. The molecule has 1 aliphatic heterocycles. The molecule has 1 fully saturated rings. The lowest BCUT2D eigenvalue weighted by molar-refractivity contribution is -0.121. The highest BCUT2D eigenvalue weighted by Crippen LogP contribution is 2.26. The summed E-state index contributed by atoms with van der Waals surface area (Å²) in [5.74, 6) is -0.381. The molecule has 162 valence electrons. The number of halogens is 2. The Labute approximate surface area is 189 Å². The minimum atomic E-state index is -3.62. The van der Waals surface area contributed by atoms with Crippen molar-refractivity contribution in [3.05, 3.63) is 58.6 Å². The third-order valence-corrected chi connectivity index (χ3v) is 7.44. The number of nitrogens with one attached hydrogen (secondary N) is 1. The van der Waals surface area contributed by atoms with E-state index in [-0.39, 0.29) is 41.7 Å². The van der Waals surface area contributed by atoms with E-state index in [9.17, 15) is 13.2 Å². The van der Waals surface area contributed by atoms with Gasteiger partial charge < -0.3 is 4.42 Å². The molecule has 0 atom stereocenters. The fourth-order valence-corrected chi connectivity index (χ4v) is 5.03. The summed E-state index contributed by atoms with van der Waals surface area (Å²) in [4.78, 5) is 12.8. The van der Waals surface area contributed by atoms with Gasteiger partial charge in [-0.2, -0.15) is 4.31 Å². The number of carbonyl (C=O) groups is 1. The van der Waals surface area contributed by atoms with Crippen LogP contribution in [0.15, 0.2) is 57.8 Å². The Morgan fingerprint density at radius 3 is 2.16 bits per heavy atom. The average Bonchev–Trinajstić information content (AvgIpc) is 3.23. The normalized spacial score (nSPS) is 15.7. The Kier molecular flexibility index (Phi) is 6.29. The Balaban J connectivity index is 1.35. The highest BCUT2D eigenvalue weighted by Gasteiger charge is 2.32. The maximum atomic E-state index is 12.8. The molecule has 0 saturated carbocycles. The number of hydrogen-bond acceptors (Lipinski definition) is 6. The van der Waals surface area contributed by atoms with Crippen molar-refractivity contribution in [3.63, 3.8) is 0 Å². The van der Waals surface area contributed by atoms with Crippen LogP contribution >= 0.6 is 23.2 Å². The standard InChI is InChI=1S/C20H18Cl2N4O4S/c21-15-3-1-14(2-4-15)19-24-25-20(30-19)23-18(27)13-9-11-26(12-10-13)31(28,29)17-7-5-16(22)6-8-17/h1-8,13H,9-12H2,(H,23,25,27). The molecule has 8 nitrogen and oxygen atoms in total. The number of benzene rings is 2. The van der Waals surface area contributed by atoms with Crippen molar-refractivity contribution in [1.29, 1.82) is 0 Å². The van der Waals surface area contributed by atoms with Gasteiger partial charge in [0, 0.05) is 34.6 Å². The predicted octanol–water partition coefficient (Wildman–Crippen LogP) is 4.08. The Bertz CT molecular complexity index is 1170. The van der Waals surface area contributed by atoms with Gasteiger partial charge in [0.15, 0.2) is 0 Å². The van der Waals surface area contributed by atoms with Gasteiger partial charge in [-0.15, -0.1) is 5.10 Å². The summed E-state index contributed by atoms with van der Waals surface area (Å²) in [6.07, 6.45) is 0.771. The van der Waals surface area contributed by atoms with Crippen LogP contribution in [0.5, 0.6) is 0 Å². The van der Waals surface area contributed by atoms with E-state index in [1.807, 2.05) is 0 Å². The molecule has 31 heavy (non-hydrogen) atoms. The predicted molar refractivity (Wildman–Crippen MR) is 116 cm³/mol. The van der Waals surface area contributed by atoms with Crippen LogP contribution in [0.1, 0.15) is 12.8 Å². The molecule has 0 radical (unpaired) electrons. The smallest absolute Gasteiger partial charge is 0.322 e. The summed E-state index contributed by atoms with van der Waals surface area (Å²) >= 11 is 11.7. The van der Waals surface area contributed by atoms with Gasteiger partial charge in [-0.3, -0.25) is 10.1 Å². The van der Waals surface area contributed by atoms with E-state index in [1.165, 1.54) is 28.6 Å². The van der Waals surface area contributed by atoms with Crippen molar-refractivity contribution < 1.29 is 17.6 Å². The van der Waals surface area contributed by atoms with Gasteiger partial charge in [-0.1, -0.05) is 28.3 Å². The highest BCUT2D eigenvalue weighted by atomic mass is 35.5. The number of amides is 1. The molecule has 0 aliphatic carbocycles. The minimum Gasteiger partial charge on any atom is -0.403 e. The number of sulfonamides is 1. The van der Waals surface area contributed by atoms with Crippen LogP contribution in [0.2, 0.25) is 10.0 Å². The Morgan fingerprint density at radius 1 is 0.968 bits per heavy atom. The van der Waals surface area contributed by atoms with Crippen molar-refractivity contribution in [1.82, 2.24) is 14.5 Å². The lowest BCUT2D eigenvalue weighted by Gasteiger charge is -2.30. The molecule has 4 rings (SSSR count). The van der Waals surface area contributed by atoms with Crippen molar-refractivity contribution in [2.45, 2.75) is 17.7 Å². The van der Waals surface area contributed by atoms with Crippen LogP contribution in [-0.2, 0) is 14.8 Å². The molecule has 0 unspecified atom stereocenters. The largest absolute Gasteiger partial charge is 0.403 e. The first-order valence-corrected chi connectivity index (χ1v) is 11.7. The van der Waals surface area contributed by atoms with Crippen molar-refractivity contribution >= 4 is 45.1 Å². The molecule has 2 heterocycles. The SMILES string of the molecule is O=C(Nc1nnc(-c2ccc(Cl)cc2)o1)C1CCN(S(=O)(=O)c2ccc(Cl)cc2)CC1. The fraction of sp³-hybridized carbons (Fsp3) is 0.250. The Hall–Kier alpha value is -2.46. The number of anilines is 1. The maximum Gasteiger partial charge on any atom is 0.322 e. The molecular weight excluding hydrogens is 463 g/mol. The van der Waals surface area contributed by atoms with Gasteiger partial charge in [-0.25, -0.2) is 8.42 Å². The third kappa shape index (κ3) is 4.90. The fourth-order valence-electron chi connectivity index (χ4n) is 3.30. The average molecular weight is 481 g/mol. The van der Waals surface area contributed by atoms with E-state index in [2.05, 4.69) is 15.5 Å². The van der Waals surface area contributed by atoms with E-state index in [4.69, 9.17) is 27.6 Å². The zero-order chi connectivity index (χ0) is 22.0. The number of nitrogens with zero attached hydrogens (tertiary/aromatic N) is 3. The summed E-state index contributed by atoms with van der Waals surface area (Å²) in [6, 6.07) is 12.9. The van der Waals surface area contributed by atoms with Crippen LogP contribution in [-0.4, -0.2) is 41.9 Å². The first kappa shape index (κ1) is 21.8. The van der Waals surface area contributed by atoms with Gasteiger partial charge in [-0.05, 0) is 61.4 Å². The molecule has 2 aromatic carbocycles.